The lowest BCUT2D eigenvalue weighted by molar-refractivity contribution is -0.141. The second-order valence-corrected chi connectivity index (χ2v) is 14.5. The van der Waals surface area contributed by atoms with E-state index >= 15 is 0 Å². The van der Waals surface area contributed by atoms with Crippen LogP contribution in [0.15, 0.2) is 72.8 Å². The number of carbonyl (C=O) groups is 3. The molecule has 2 bridgehead atoms. The van der Waals surface area contributed by atoms with Crippen molar-refractivity contribution in [1.29, 1.82) is 0 Å². The number of halogens is 1. The molecule has 3 fully saturated rings. The Morgan fingerprint density at radius 3 is 2.39 bits per heavy atom. The zero-order chi connectivity index (χ0) is 28.9. The Labute approximate surface area is 252 Å². The topological polar surface area (TPSA) is 98.7 Å². The number of carbonyl (C=O) groups excluding carboxylic acids is 3. The Hall–Kier alpha value is -2.88. The maximum atomic E-state index is 14.4. The van der Waals surface area contributed by atoms with Gasteiger partial charge in [-0.3, -0.25) is 14.4 Å². The molecule has 0 radical (unpaired) electrons. The summed E-state index contributed by atoms with van der Waals surface area (Å²) in [4.78, 5) is 44.1. The van der Waals surface area contributed by atoms with E-state index in [-0.39, 0.29) is 40.3 Å². The van der Waals surface area contributed by atoms with E-state index < -0.39 is 28.7 Å². The quantitative estimate of drug-likeness (QED) is 0.292. The van der Waals surface area contributed by atoms with E-state index in [0.717, 1.165) is 10.8 Å². The highest BCUT2D eigenvalue weighted by atomic mass is 79.9. The van der Waals surface area contributed by atoms with Crippen molar-refractivity contribution in [3.05, 3.63) is 72.8 Å². The van der Waals surface area contributed by atoms with Gasteiger partial charge in [-0.25, -0.2) is 0 Å². The number of hydrogen-bond acceptors (Lipinski definition) is 5. The maximum Gasteiger partial charge on any atom is 0.248 e. The van der Waals surface area contributed by atoms with E-state index in [1.165, 1.54) is 0 Å². The summed E-state index contributed by atoms with van der Waals surface area (Å²) >= 11 is 5.41. The van der Waals surface area contributed by atoms with Gasteiger partial charge in [0.2, 0.25) is 17.7 Å². The Kier molecular flexibility index (Phi) is 7.63. The number of rotatable bonds is 8. The van der Waals surface area contributed by atoms with E-state index in [9.17, 15) is 19.5 Å². The van der Waals surface area contributed by atoms with Crippen LogP contribution >= 0.6 is 27.7 Å². The lowest BCUT2D eigenvalue weighted by atomic mass is 9.70. The standard InChI is InChI=1S/C32H34BrN3O4S/c1-18(2)14-23(17-37)36-28(30(39)35-22-13-12-19-8-6-7-9-20(19)15-22)32-16-24(33)27(41-32)25(26(32)31(36)40)29(38)34-21-10-4-3-5-11-21/h3-13,15,18,23-28,37H,14,16-17H2,1-2H3,(H,34,38)(H,35,39)/t23-,24?,25+,26+,27+,28?,32?/m1/s1. The first-order valence-electron chi connectivity index (χ1n) is 14.1. The predicted octanol–water partition coefficient (Wildman–Crippen LogP) is 5.29. The van der Waals surface area contributed by atoms with Crippen molar-refractivity contribution < 1.29 is 19.5 Å². The molecule has 1 spiro atoms. The molecule has 3 unspecified atom stereocenters. The van der Waals surface area contributed by atoms with Gasteiger partial charge in [-0.15, -0.1) is 11.8 Å². The van der Waals surface area contributed by atoms with Crippen LogP contribution in [0.4, 0.5) is 11.4 Å². The number of fused-ring (bicyclic) bond motifs is 2. The zero-order valence-corrected chi connectivity index (χ0v) is 25.4. The Balaban J connectivity index is 1.38. The highest BCUT2D eigenvalue weighted by Gasteiger charge is 2.76. The van der Waals surface area contributed by atoms with Crippen LogP contribution in [0.5, 0.6) is 0 Å². The van der Waals surface area contributed by atoms with Gasteiger partial charge in [0.05, 0.1) is 29.2 Å². The third-order valence-corrected chi connectivity index (χ3v) is 11.9. The summed E-state index contributed by atoms with van der Waals surface area (Å²) in [6, 6.07) is 21.6. The number of benzene rings is 3. The van der Waals surface area contributed by atoms with Gasteiger partial charge in [0.1, 0.15) is 6.04 Å². The van der Waals surface area contributed by atoms with E-state index in [2.05, 4.69) is 26.6 Å². The number of thioether (sulfide) groups is 1. The SMILES string of the molecule is CC(C)C[C@H](CO)N1C(=O)[C@@H]2[C@H](C(=O)Nc3ccccc3)[C@H]3SC2(CC3Br)C1C(=O)Nc1ccc2ccccc2c1. The van der Waals surface area contributed by atoms with Crippen molar-refractivity contribution in [2.45, 2.75) is 53.6 Å². The molecule has 3 N–H and O–H groups in total. The molecule has 3 aliphatic rings. The summed E-state index contributed by atoms with van der Waals surface area (Å²) < 4.78 is -0.792. The molecule has 0 aliphatic carbocycles. The van der Waals surface area contributed by atoms with E-state index in [0.29, 0.717) is 24.2 Å². The Morgan fingerprint density at radius 1 is 1.00 bits per heavy atom. The molecule has 3 aliphatic heterocycles. The molecule has 7 atom stereocenters. The maximum absolute atomic E-state index is 14.4. The average Bonchev–Trinajstić information content (AvgIpc) is 3.55. The van der Waals surface area contributed by atoms with Crippen LogP contribution in [0.3, 0.4) is 0 Å². The van der Waals surface area contributed by atoms with Crippen LogP contribution in [0.25, 0.3) is 10.8 Å². The number of nitrogens with one attached hydrogen (secondary N) is 2. The largest absolute Gasteiger partial charge is 0.394 e. The Morgan fingerprint density at radius 2 is 1.68 bits per heavy atom. The van der Waals surface area contributed by atoms with Gasteiger partial charge in [-0.1, -0.05) is 78.3 Å². The van der Waals surface area contributed by atoms with E-state index in [4.69, 9.17) is 0 Å². The van der Waals surface area contributed by atoms with Crippen molar-refractivity contribution >= 4 is 67.6 Å². The molecule has 3 amide bonds. The molecule has 6 rings (SSSR count). The number of amides is 3. The lowest BCUT2D eigenvalue weighted by Gasteiger charge is -2.37. The fraction of sp³-hybridized carbons (Fsp3) is 0.406. The fourth-order valence-electron chi connectivity index (χ4n) is 7.10. The molecular weight excluding hydrogens is 602 g/mol. The molecule has 3 saturated heterocycles. The number of aliphatic hydroxyl groups is 1. The van der Waals surface area contributed by atoms with Crippen molar-refractivity contribution in [2.75, 3.05) is 17.2 Å². The summed E-state index contributed by atoms with van der Waals surface area (Å²) in [6.45, 7) is 3.83. The van der Waals surface area contributed by atoms with Crippen molar-refractivity contribution in [3.63, 3.8) is 0 Å². The van der Waals surface area contributed by atoms with Crippen LogP contribution < -0.4 is 10.6 Å². The first kappa shape index (κ1) is 28.2. The van der Waals surface area contributed by atoms with Crippen LogP contribution in [-0.4, -0.2) is 61.2 Å². The first-order chi connectivity index (χ1) is 19.7. The zero-order valence-electron chi connectivity index (χ0n) is 23.0. The molecule has 41 heavy (non-hydrogen) atoms. The number of para-hydroxylation sites is 1. The highest BCUT2D eigenvalue weighted by Crippen LogP contribution is 2.68. The number of nitrogens with zero attached hydrogens (tertiary/aromatic N) is 1. The van der Waals surface area contributed by atoms with Crippen molar-refractivity contribution in [2.24, 2.45) is 17.8 Å². The highest BCUT2D eigenvalue weighted by molar-refractivity contribution is 9.09. The molecular formula is C32H34BrN3O4S. The molecule has 9 heteroatoms. The van der Waals surface area contributed by atoms with Gasteiger partial charge >= 0.3 is 0 Å². The van der Waals surface area contributed by atoms with Gasteiger partial charge in [-0.05, 0) is 53.8 Å². The minimum atomic E-state index is -0.827. The summed E-state index contributed by atoms with van der Waals surface area (Å²) in [6.07, 6.45) is 1.14. The number of likely N-dealkylation sites (tertiary alicyclic amines) is 1. The minimum absolute atomic E-state index is 0.0309. The molecule has 214 valence electrons. The van der Waals surface area contributed by atoms with Gasteiger partial charge in [0.25, 0.3) is 0 Å². The van der Waals surface area contributed by atoms with Crippen LogP contribution in [-0.2, 0) is 14.4 Å². The normalized spacial score (nSPS) is 29.1. The van der Waals surface area contributed by atoms with E-state index in [1.807, 2.05) is 86.6 Å². The van der Waals surface area contributed by atoms with Crippen LogP contribution in [0, 0.1) is 17.8 Å². The minimum Gasteiger partial charge on any atom is -0.394 e. The van der Waals surface area contributed by atoms with Crippen molar-refractivity contribution in [3.8, 4) is 0 Å². The molecule has 3 aromatic carbocycles. The van der Waals surface area contributed by atoms with E-state index in [1.54, 1.807) is 16.7 Å². The number of alkyl halides is 1. The third kappa shape index (κ3) is 4.85. The first-order valence-corrected chi connectivity index (χ1v) is 15.9. The predicted molar refractivity (Wildman–Crippen MR) is 167 cm³/mol. The fourth-order valence-corrected chi connectivity index (χ4v) is 10.7. The number of hydrogen-bond donors (Lipinski definition) is 3. The summed E-state index contributed by atoms with van der Waals surface area (Å²) in [5.41, 5.74) is 1.32. The van der Waals surface area contributed by atoms with Crippen molar-refractivity contribution in [1.82, 2.24) is 4.90 Å². The third-order valence-electron chi connectivity index (χ3n) is 8.68. The second kappa shape index (κ2) is 11.1. The average molecular weight is 637 g/mol. The molecule has 0 saturated carbocycles. The van der Waals surface area contributed by atoms with Gasteiger partial charge in [-0.2, -0.15) is 0 Å². The molecule has 7 nitrogen and oxygen atoms in total. The summed E-state index contributed by atoms with van der Waals surface area (Å²) in [7, 11) is 0. The van der Waals surface area contributed by atoms with Crippen LogP contribution in [0.2, 0.25) is 0 Å². The van der Waals surface area contributed by atoms with Gasteiger partial charge in [0.15, 0.2) is 0 Å². The van der Waals surface area contributed by atoms with Gasteiger partial charge < -0.3 is 20.6 Å². The molecule has 0 aromatic heterocycles. The van der Waals surface area contributed by atoms with Crippen LogP contribution in [0.1, 0.15) is 26.7 Å². The summed E-state index contributed by atoms with van der Waals surface area (Å²) in [5, 5.41) is 18.5. The summed E-state index contributed by atoms with van der Waals surface area (Å²) in [5.74, 6) is -1.78. The second-order valence-electron chi connectivity index (χ2n) is 11.8. The van der Waals surface area contributed by atoms with Gasteiger partial charge in [0, 0.05) is 21.5 Å². The lowest BCUT2D eigenvalue weighted by Crippen LogP contribution is -2.55. The molecule has 3 aromatic rings. The number of aliphatic hydroxyl groups excluding tert-OH is 1. The Bertz CT molecular complexity index is 1490. The molecule has 3 heterocycles. The number of anilines is 2. The monoisotopic (exact) mass is 635 g/mol. The smallest absolute Gasteiger partial charge is 0.248 e.